The predicted molar refractivity (Wildman–Crippen MR) is 555 cm³/mol. The van der Waals surface area contributed by atoms with E-state index in [1.54, 1.807) is 22.3 Å². The molecule has 0 radical (unpaired) electrons. The van der Waals surface area contributed by atoms with Gasteiger partial charge in [0.15, 0.2) is 0 Å². The molecule has 0 spiro atoms. The summed E-state index contributed by atoms with van der Waals surface area (Å²) < 4.78 is 0. The van der Waals surface area contributed by atoms with Gasteiger partial charge in [-0.05, 0) is 709 Å². The number of fused-ring (bicyclic) bond motifs is 18. The third-order valence-electron chi connectivity index (χ3n) is 36.1. The lowest BCUT2D eigenvalue weighted by Gasteiger charge is -2.19. The molecule has 12 aromatic rings. The number of nitriles is 5. The molecule has 0 atom stereocenters. The summed E-state index contributed by atoms with van der Waals surface area (Å²) in [5, 5.41) is 47.9. The summed E-state index contributed by atoms with van der Waals surface area (Å²) in [7, 11) is 0. The van der Waals surface area contributed by atoms with Gasteiger partial charge in [0.2, 0.25) is 0 Å². The first-order chi connectivity index (χ1) is 61.3. The zero-order chi connectivity index (χ0) is 97.3. The molecule has 0 aliphatic heterocycles. The highest BCUT2D eigenvalue weighted by Crippen LogP contribution is 2.55. The molecule has 0 heterocycles. The molecule has 18 rings (SSSR count). The Labute approximate surface area is 788 Å². The third kappa shape index (κ3) is 14.3. The third-order valence-corrected chi connectivity index (χ3v) is 36.1. The highest BCUT2D eigenvalue weighted by atomic mass is 14.4. The van der Waals surface area contributed by atoms with Crippen LogP contribution in [0.1, 0.15) is 334 Å². The van der Waals surface area contributed by atoms with Crippen molar-refractivity contribution < 1.29 is 0 Å². The molecule has 6 aliphatic carbocycles. The summed E-state index contributed by atoms with van der Waals surface area (Å²) in [6.07, 6.45) is 6.18. The van der Waals surface area contributed by atoms with E-state index < -0.39 is 0 Å². The van der Waals surface area contributed by atoms with Crippen LogP contribution < -0.4 is 0 Å². The van der Waals surface area contributed by atoms with Crippen molar-refractivity contribution in [1.82, 2.24) is 0 Å². The minimum Gasteiger partial charge on any atom is -0.192 e. The lowest BCUT2D eigenvalue weighted by molar-refractivity contribution is 1.12. The quantitative estimate of drug-likeness (QED) is 0.150. The number of hydrogen-bond acceptors (Lipinski definition) is 5. The van der Waals surface area contributed by atoms with Gasteiger partial charge in [0.1, 0.15) is 0 Å². The summed E-state index contributed by atoms with van der Waals surface area (Å²) >= 11 is 0. The molecule has 12 aromatic carbocycles. The molecule has 0 amide bonds. The molecular formula is C126H141N5. The van der Waals surface area contributed by atoms with E-state index in [2.05, 4.69) is 300 Å². The van der Waals surface area contributed by atoms with Crippen LogP contribution in [0.4, 0.5) is 0 Å². The maximum Gasteiger partial charge on any atom is 0.0997 e. The molecule has 5 nitrogen and oxygen atoms in total. The molecule has 0 aromatic heterocycles. The number of hydrogen-bond donors (Lipinski definition) is 0. The van der Waals surface area contributed by atoms with Crippen molar-refractivity contribution in [2.45, 2.75) is 336 Å². The molecule has 131 heavy (non-hydrogen) atoms. The highest BCUT2D eigenvalue weighted by molar-refractivity contribution is 5.94. The topological polar surface area (TPSA) is 119 Å². The smallest absolute Gasteiger partial charge is 0.0997 e. The number of rotatable bonds is 0. The normalized spacial score (nSPS) is 12.2. The second-order valence-electron chi connectivity index (χ2n) is 40.6. The van der Waals surface area contributed by atoms with Gasteiger partial charge in [-0.15, -0.1) is 0 Å². The van der Waals surface area contributed by atoms with Gasteiger partial charge in [-0.3, -0.25) is 0 Å². The van der Waals surface area contributed by atoms with Crippen LogP contribution in [0, 0.1) is 354 Å². The fourth-order valence-corrected chi connectivity index (χ4v) is 24.5. The van der Waals surface area contributed by atoms with Gasteiger partial charge >= 0.3 is 0 Å². The van der Waals surface area contributed by atoms with Gasteiger partial charge in [-0.25, -0.2) is 0 Å². The molecule has 0 fully saturated rings. The van der Waals surface area contributed by atoms with Gasteiger partial charge in [-0.2, -0.15) is 26.3 Å². The standard InChI is InChI=1S/C21H20N2.3C21H23N.2C21H26/c1-10-12(3)18(8-22)14(5)20-16(10)7-17-11(2)13(4)19(9-23)15(6)21(17)20;3*1-10-11(2)15(6)20-17(12(10)3)8-18-13(4)14(5)19(9-22)16(7)21(18)20;2*1-10-12(3)16(7)20-18(14(10)5)9-19-15(6)11(2)13(4)17(8)21(19)20/h7H2,1-6H3;3*8H2,1-7H3;2*9H2,1-8H3. The Hall–Kier alpha value is -11.9. The van der Waals surface area contributed by atoms with Crippen LogP contribution in [0.3, 0.4) is 0 Å². The largest absolute Gasteiger partial charge is 0.192 e. The molecule has 0 N–H and O–H groups in total. The first kappa shape index (κ1) is 96.6. The van der Waals surface area contributed by atoms with E-state index >= 15 is 0 Å². The Balaban J connectivity index is 0.000000134. The molecule has 6 aliphatic rings. The van der Waals surface area contributed by atoms with Gasteiger partial charge in [0, 0.05) is 0 Å². The van der Waals surface area contributed by atoms with Crippen molar-refractivity contribution in [3.63, 3.8) is 0 Å². The molecule has 670 valence electrons. The summed E-state index contributed by atoms with van der Waals surface area (Å²) in [5.41, 5.74) is 96.5. The Bertz CT molecular complexity index is 6750. The van der Waals surface area contributed by atoms with Gasteiger partial charge in [0.25, 0.3) is 0 Å². The fourth-order valence-electron chi connectivity index (χ4n) is 24.5. The van der Waals surface area contributed by atoms with E-state index in [1.807, 2.05) is 27.7 Å². The van der Waals surface area contributed by atoms with Crippen molar-refractivity contribution in [1.29, 1.82) is 26.3 Å². The minimum absolute atomic E-state index is 0.783. The fraction of sp³-hybridized carbons (Fsp3) is 0.389. The molecular weight excluding hydrogens is 1580 g/mol. The van der Waals surface area contributed by atoms with Crippen LogP contribution in [-0.4, -0.2) is 0 Å². The maximum absolute atomic E-state index is 9.58. The van der Waals surface area contributed by atoms with E-state index in [4.69, 9.17) is 0 Å². The summed E-state index contributed by atoms with van der Waals surface area (Å²) in [6, 6.07) is 12.0. The molecule has 0 bridgehead atoms. The summed E-state index contributed by atoms with van der Waals surface area (Å²) in [5.74, 6) is 0. The lowest BCUT2D eigenvalue weighted by atomic mass is 9.85. The van der Waals surface area contributed by atoms with Crippen LogP contribution in [0.15, 0.2) is 0 Å². The van der Waals surface area contributed by atoms with E-state index in [1.165, 1.54) is 295 Å². The molecule has 0 saturated carbocycles. The van der Waals surface area contributed by atoms with Crippen LogP contribution in [-0.2, 0) is 38.5 Å². The van der Waals surface area contributed by atoms with Gasteiger partial charge < -0.3 is 0 Å². The van der Waals surface area contributed by atoms with E-state index in [0.29, 0.717) is 0 Å². The Kier molecular flexibility index (Phi) is 25.8. The van der Waals surface area contributed by atoms with Crippen LogP contribution in [0.25, 0.3) is 66.8 Å². The van der Waals surface area contributed by atoms with Crippen LogP contribution >= 0.6 is 0 Å². The van der Waals surface area contributed by atoms with Gasteiger partial charge in [0.05, 0.1) is 58.2 Å². The van der Waals surface area contributed by atoms with Crippen LogP contribution in [0.5, 0.6) is 0 Å². The van der Waals surface area contributed by atoms with Crippen molar-refractivity contribution in [3.8, 4) is 97.1 Å². The van der Waals surface area contributed by atoms with Crippen LogP contribution in [0.2, 0.25) is 0 Å². The molecule has 0 unspecified atom stereocenters. The Morgan fingerprint density at radius 3 is 0.267 bits per heavy atom. The van der Waals surface area contributed by atoms with E-state index in [0.717, 1.165) is 122 Å². The predicted octanol–water partition coefficient (Wildman–Crippen LogP) is 32.2. The monoisotopic (exact) mass is 1720 g/mol. The highest BCUT2D eigenvalue weighted by Gasteiger charge is 2.38. The SMILES string of the molecule is Cc1c(C)c(C)c2c(c1C)Cc1c(C)c(C)c(C#N)c(C)c1-2.Cc1c(C)c(C)c2c(c1C)Cc1c(C)c(C)c(C#N)c(C)c1-2.Cc1c(C)c(C)c2c(c1C)Cc1c(C)c(C)c(C#N)c(C)c1-2.Cc1c(C)c(C)c2c(c1C)Cc1c(C)c(C)c(C)c(C)c1-2.Cc1c(C)c(C)c2c(c1C)Cc1c(C)c(C)c(C)c(C)c1-2.Cc1c(C)c2c(c(C)c1C#N)-c1c(C)c(C#N)c(C)c(C)c1C2. The zero-order valence-electron chi connectivity index (χ0n) is 88.0. The van der Waals surface area contributed by atoms with Crippen molar-refractivity contribution in [2.75, 3.05) is 0 Å². The average molecular weight is 1730 g/mol. The van der Waals surface area contributed by atoms with E-state index in [9.17, 15) is 26.3 Å². The first-order valence-electron chi connectivity index (χ1n) is 47.6. The van der Waals surface area contributed by atoms with Crippen molar-refractivity contribution in [2.24, 2.45) is 0 Å². The Morgan fingerprint density at radius 2 is 0.176 bits per heavy atom. The second kappa shape index (κ2) is 35.0. The Morgan fingerprint density at radius 1 is 0.0992 bits per heavy atom. The number of benzene rings is 12. The minimum atomic E-state index is 0.783. The van der Waals surface area contributed by atoms with Crippen molar-refractivity contribution >= 4 is 0 Å². The lowest BCUT2D eigenvalue weighted by Crippen LogP contribution is -2.00. The first-order valence-corrected chi connectivity index (χ1v) is 47.6. The average Bonchev–Trinajstić information content (AvgIpc) is 1.62. The maximum atomic E-state index is 9.58. The van der Waals surface area contributed by atoms with E-state index in [-0.39, 0.29) is 0 Å². The van der Waals surface area contributed by atoms with Crippen molar-refractivity contribution in [3.05, 3.63) is 334 Å². The molecule has 5 heteroatoms. The zero-order valence-corrected chi connectivity index (χ0v) is 88.0. The molecule has 0 saturated heterocycles. The summed E-state index contributed by atoms with van der Waals surface area (Å²) in [6.45, 7) is 94.9. The number of nitrogens with zero attached hydrogens (tertiary/aromatic N) is 5. The second-order valence-corrected chi connectivity index (χ2v) is 40.6. The summed E-state index contributed by atoms with van der Waals surface area (Å²) in [4.78, 5) is 0. The van der Waals surface area contributed by atoms with Gasteiger partial charge in [-0.1, -0.05) is 0 Å².